The highest BCUT2D eigenvalue weighted by Crippen LogP contribution is 2.14. The highest BCUT2D eigenvalue weighted by molar-refractivity contribution is 4.93. The Hall–Kier alpha value is -0.770. The molecule has 10 heavy (non-hydrogen) atoms. The predicted molar refractivity (Wildman–Crippen MR) is 43.4 cm³/mol. The predicted octanol–water partition coefficient (Wildman–Crippen LogP) is 2.89. The van der Waals surface area contributed by atoms with Crippen LogP contribution in [0.3, 0.4) is 0 Å². The van der Waals surface area contributed by atoms with Crippen molar-refractivity contribution < 1.29 is 0 Å². The van der Waals surface area contributed by atoms with Crippen molar-refractivity contribution in [3.05, 3.63) is 12.2 Å². The van der Waals surface area contributed by atoms with Gasteiger partial charge in [-0.05, 0) is 11.8 Å². The van der Waals surface area contributed by atoms with Gasteiger partial charge in [0, 0.05) is 6.42 Å². The van der Waals surface area contributed by atoms with E-state index in [9.17, 15) is 0 Å². The second kappa shape index (κ2) is 4.11. The molecule has 0 saturated heterocycles. The van der Waals surface area contributed by atoms with Crippen LogP contribution in [0.4, 0.5) is 0 Å². The zero-order valence-corrected chi connectivity index (χ0v) is 7.02. The Morgan fingerprint density at radius 2 is 2.00 bits per heavy atom. The molecule has 0 aliphatic rings. The Balaban J connectivity index is 3.49. The van der Waals surface area contributed by atoms with E-state index in [1.54, 1.807) is 0 Å². The Kier molecular flexibility index (Phi) is 3.79. The third kappa shape index (κ3) is 7.23. The largest absolute Gasteiger partial charge is 0.198 e. The molecule has 0 aliphatic heterocycles. The number of nitriles is 1. The van der Waals surface area contributed by atoms with Gasteiger partial charge in [-0.2, -0.15) is 5.26 Å². The molecule has 0 heterocycles. The van der Waals surface area contributed by atoms with Crippen molar-refractivity contribution in [2.75, 3.05) is 0 Å². The van der Waals surface area contributed by atoms with E-state index in [4.69, 9.17) is 5.26 Å². The van der Waals surface area contributed by atoms with E-state index in [1.807, 2.05) is 0 Å². The molecular weight excluding hydrogens is 122 g/mol. The minimum absolute atomic E-state index is 0.259. The monoisotopic (exact) mass is 137 g/mol. The van der Waals surface area contributed by atoms with Gasteiger partial charge in [0.2, 0.25) is 0 Å². The quantitative estimate of drug-likeness (QED) is 0.424. The second-order valence-electron chi connectivity index (χ2n) is 3.47. The molecule has 0 N–H and O–H groups in total. The molecule has 0 fully saturated rings. The first-order valence-corrected chi connectivity index (χ1v) is 3.61. The summed E-state index contributed by atoms with van der Waals surface area (Å²) in [4.78, 5) is 0. The standard InChI is InChI=1S/C9H15N/c1-9(2,3)7-5-4-6-8-10/h5,7H,4,6H2,1-3H3/b7-5+. The molecule has 0 aromatic heterocycles. The van der Waals surface area contributed by atoms with Crippen LogP contribution in [0.5, 0.6) is 0 Å². The fourth-order valence-electron chi connectivity index (χ4n) is 0.585. The molecule has 0 amide bonds. The average Bonchev–Trinajstić information content (AvgIpc) is 1.78. The van der Waals surface area contributed by atoms with Crippen LogP contribution < -0.4 is 0 Å². The zero-order chi connectivity index (χ0) is 8.04. The molecule has 0 rings (SSSR count). The lowest BCUT2D eigenvalue weighted by molar-refractivity contribution is 0.542. The molecule has 0 radical (unpaired) electrons. The van der Waals surface area contributed by atoms with Crippen LogP contribution >= 0.6 is 0 Å². The summed E-state index contributed by atoms with van der Waals surface area (Å²) in [7, 11) is 0. The van der Waals surface area contributed by atoms with E-state index in [0.717, 1.165) is 6.42 Å². The van der Waals surface area contributed by atoms with Gasteiger partial charge in [-0.3, -0.25) is 0 Å². The highest BCUT2D eigenvalue weighted by atomic mass is 14.2. The summed E-state index contributed by atoms with van der Waals surface area (Å²) in [6.07, 6.45) is 5.73. The third-order valence-corrected chi connectivity index (χ3v) is 1.04. The fraction of sp³-hybridized carbons (Fsp3) is 0.667. The molecule has 1 heteroatoms. The number of hydrogen-bond donors (Lipinski definition) is 0. The number of unbranched alkanes of at least 4 members (excludes halogenated alkanes) is 1. The topological polar surface area (TPSA) is 23.8 Å². The highest BCUT2D eigenvalue weighted by Gasteiger charge is 2.01. The Labute approximate surface area is 63.4 Å². The Morgan fingerprint density at radius 1 is 1.40 bits per heavy atom. The van der Waals surface area contributed by atoms with Gasteiger partial charge in [-0.1, -0.05) is 32.9 Å². The molecule has 1 nitrogen and oxygen atoms in total. The average molecular weight is 137 g/mol. The molecule has 0 saturated carbocycles. The minimum Gasteiger partial charge on any atom is -0.198 e. The Bertz CT molecular complexity index is 143. The van der Waals surface area contributed by atoms with Gasteiger partial charge in [0.15, 0.2) is 0 Å². The van der Waals surface area contributed by atoms with Gasteiger partial charge < -0.3 is 0 Å². The maximum atomic E-state index is 8.21. The van der Waals surface area contributed by atoms with Crippen molar-refractivity contribution in [1.29, 1.82) is 5.26 Å². The summed E-state index contributed by atoms with van der Waals surface area (Å²) >= 11 is 0. The van der Waals surface area contributed by atoms with Gasteiger partial charge in [-0.25, -0.2) is 0 Å². The first-order valence-electron chi connectivity index (χ1n) is 3.61. The van der Waals surface area contributed by atoms with E-state index in [-0.39, 0.29) is 5.41 Å². The fourth-order valence-corrected chi connectivity index (χ4v) is 0.585. The van der Waals surface area contributed by atoms with Crippen LogP contribution in [0.1, 0.15) is 33.6 Å². The summed E-state index contributed by atoms with van der Waals surface area (Å²) in [5.41, 5.74) is 0.259. The molecule has 0 unspecified atom stereocenters. The molecule has 0 aliphatic carbocycles. The van der Waals surface area contributed by atoms with Crippen molar-refractivity contribution >= 4 is 0 Å². The summed E-state index contributed by atoms with van der Waals surface area (Å²) in [6, 6.07) is 2.10. The smallest absolute Gasteiger partial charge is 0.0624 e. The summed E-state index contributed by atoms with van der Waals surface area (Å²) in [5.74, 6) is 0. The second-order valence-corrected chi connectivity index (χ2v) is 3.47. The first kappa shape index (κ1) is 9.23. The van der Waals surface area contributed by atoms with Crippen molar-refractivity contribution in [1.82, 2.24) is 0 Å². The van der Waals surface area contributed by atoms with E-state index in [1.165, 1.54) is 0 Å². The summed E-state index contributed by atoms with van der Waals surface area (Å²) < 4.78 is 0. The zero-order valence-electron chi connectivity index (χ0n) is 7.02. The van der Waals surface area contributed by atoms with E-state index >= 15 is 0 Å². The van der Waals surface area contributed by atoms with Crippen LogP contribution in [0.15, 0.2) is 12.2 Å². The number of rotatable bonds is 2. The molecule has 56 valence electrons. The maximum absolute atomic E-state index is 8.21. The third-order valence-electron chi connectivity index (χ3n) is 1.04. The summed E-state index contributed by atoms with van der Waals surface area (Å²) in [6.45, 7) is 6.45. The van der Waals surface area contributed by atoms with Gasteiger partial charge in [-0.15, -0.1) is 0 Å². The maximum Gasteiger partial charge on any atom is 0.0624 e. The van der Waals surface area contributed by atoms with Crippen LogP contribution in [0, 0.1) is 16.7 Å². The normalized spacial score (nSPS) is 11.8. The lowest BCUT2D eigenvalue weighted by atomic mass is 9.96. The minimum atomic E-state index is 0.259. The summed E-state index contributed by atoms with van der Waals surface area (Å²) in [5, 5.41) is 8.21. The van der Waals surface area contributed by atoms with Crippen LogP contribution in [-0.4, -0.2) is 0 Å². The van der Waals surface area contributed by atoms with Crippen LogP contribution in [0.2, 0.25) is 0 Å². The van der Waals surface area contributed by atoms with Gasteiger partial charge in [0.25, 0.3) is 0 Å². The van der Waals surface area contributed by atoms with Gasteiger partial charge in [0.05, 0.1) is 6.07 Å². The molecule has 0 bridgehead atoms. The SMILES string of the molecule is CC(C)(C)/C=C/CCC#N. The number of allylic oxidation sites excluding steroid dienone is 2. The van der Waals surface area contributed by atoms with Gasteiger partial charge >= 0.3 is 0 Å². The van der Waals surface area contributed by atoms with E-state index < -0.39 is 0 Å². The molecule has 0 spiro atoms. The molecule has 0 aromatic rings. The van der Waals surface area contributed by atoms with Crippen molar-refractivity contribution in [3.8, 4) is 6.07 Å². The van der Waals surface area contributed by atoms with Crippen LogP contribution in [0.25, 0.3) is 0 Å². The van der Waals surface area contributed by atoms with Crippen molar-refractivity contribution in [2.24, 2.45) is 5.41 Å². The van der Waals surface area contributed by atoms with Crippen molar-refractivity contribution in [2.45, 2.75) is 33.6 Å². The van der Waals surface area contributed by atoms with Gasteiger partial charge in [0.1, 0.15) is 0 Å². The number of nitrogens with zero attached hydrogens (tertiary/aromatic N) is 1. The van der Waals surface area contributed by atoms with E-state index in [0.29, 0.717) is 6.42 Å². The lowest BCUT2D eigenvalue weighted by Crippen LogP contribution is -1.97. The number of hydrogen-bond acceptors (Lipinski definition) is 1. The molecular formula is C9H15N. The van der Waals surface area contributed by atoms with Crippen LogP contribution in [-0.2, 0) is 0 Å². The van der Waals surface area contributed by atoms with Crippen molar-refractivity contribution in [3.63, 3.8) is 0 Å². The Morgan fingerprint density at radius 3 is 2.40 bits per heavy atom. The molecule has 0 atom stereocenters. The lowest BCUT2D eigenvalue weighted by Gasteiger charge is -2.10. The molecule has 0 aromatic carbocycles. The first-order chi connectivity index (χ1) is 4.56. The van der Waals surface area contributed by atoms with E-state index in [2.05, 4.69) is 39.0 Å².